The Morgan fingerprint density at radius 3 is 2.96 bits per heavy atom. The highest BCUT2D eigenvalue weighted by Crippen LogP contribution is 2.28. The highest BCUT2D eigenvalue weighted by atomic mass is 16.4. The van der Waals surface area contributed by atoms with Gasteiger partial charge in [-0.3, -0.25) is 9.78 Å². The van der Waals surface area contributed by atoms with Gasteiger partial charge in [-0.1, -0.05) is 12.1 Å². The second kappa shape index (κ2) is 4.77. The number of fused-ring (bicyclic) bond motifs is 2. The number of nitrogens with one attached hydrogen (secondary N) is 1. The van der Waals surface area contributed by atoms with Crippen molar-refractivity contribution in [3.8, 4) is 11.6 Å². The molecular weight excluding hydrogens is 298 g/mol. The molecule has 0 radical (unpaired) electrons. The molecule has 3 aromatic heterocycles. The number of aromatic amines is 1. The first-order valence-electron chi connectivity index (χ1n) is 6.74. The Bertz CT molecular complexity index is 1130. The zero-order valence-corrected chi connectivity index (χ0v) is 11.6. The van der Waals surface area contributed by atoms with Gasteiger partial charge in [-0.15, -0.1) is 0 Å². The largest absolute Gasteiger partial charge is 0.478 e. The molecule has 23 heavy (non-hydrogen) atoms. The summed E-state index contributed by atoms with van der Waals surface area (Å²) in [5, 5.41) is 10.2. The van der Waals surface area contributed by atoms with Gasteiger partial charge in [0.2, 0.25) is 0 Å². The maximum atomic E-state index is 12.1. The van der Waals surface area contributed by atoms with Gasteiger partial charge in [-0.2, -0.15) is 0 Å². The average Bonchev–Trinajstić information content (AvgIpc) is 2.98. The van der Waals surface area contributed by atoms with Crippen LogP contribution in [0.15, 0.2) is 51.9 Å². The number of carboxylic acids is 1. The molecule has 7 nitrogen and oxygen atoms in total. The Kier molecular flexibility index (Phi) is 2.74. The molecule has 0 bridgehead atoms. The highest BCUT2D eigenvalue weighted by Gasteiger charge is 2.16. The first-order valence-corrected chi connectivity index (χ1v) is 6.74. The standard InChI is InChI=1S/C16H9N3O4/c20-15-9-4-5-17-7-11(9)18-14(19-15)12-6-8-2-1-3-10(16(21)22)13(8)23-12/h1-7H,(H,21,22)(H,18,19,20). The topological polar surface area (TPSA) is 109 Å². The van der Waals surface area contributed by atoms with Crippen LogP contribution in [0.3, 0.4) is 0 Å². The van der Waals surface area contributed by atoms with Crippen LogP contribution in [-0.2, 0) is 0 Å². The molecule has 4 aromatic rings. The molecule has 7 heteroatoms. The van der Waals surface area contributed by atoms with E-state index in [0.717, 1.165) is 0 Å². The highest BCUT2D eigenvalue weighted by molar-refractivity contribution is 6.01. The first-order chi connectivity index (χ1) is 11.1. The minimum absolute atomic E-state index is 0.0542. The quantitative estimate of drug-likeness (QED) is 0.588. The van der Waals surface area contributed by atoms with Gasteiger partial charge in [0, 0.05) is 11.6 Å². The molecule has 0 fully saturated rings. The molecule has 2 N–H and O–H groups in total. The van der Waals surface area contributed by atoms with Crippen LogP contribution in [0.5, 0.6) is 0 Å². The zero-order chi connectivity index (χ0) is 16.0. The van der Waals surface area contributed by atoms with Gasteiger partial charge in [0.05, 0.1) is 17.1 Å². The van der Waals surface area contributed by atoms with Crippen molar-refractivity contribution in [2.45, 2.75) is 0 Å². The van der Waals surface area contributed by atoms with Gasteiger partial charge in [-0.25, -0.2) is 9.78 Å². The van der Waals surface area contributed by atoms with Crippen LogP contribution in [0.25, 0.3) is 33.5 Å². The molecule has 112 valence electrons. The smallest absolute Gasteiger partial charge is 0.339 e. The molecule has 0 unspecified atom stereocenters. The van der Waals surface area contributed by atoms with E-state index in [1.807, 2.05) is 0 Å². The molecule has 1 aromatic carbocycles. The van der Waals surface area contributed by atoms with Crippen LogP contribution in [0, 0.1) is 0 Å². The summed E-state index contributed by atoms with van der Waals surface area (Å²) in [5.74, 6) is -0.569. The summed E-state index contributed by atoms with van der Waals surface area (Å²) < 4.78 is 5.62. The number of hydrogen-bond acceptors (Lipinski definition) is 5. The van der Waals surface area contributed by atoms with Gasteiger partial charge >= 0.3 is 5.97 Å². The fraction of sp³-hybridized carbons (Fsp3) is 0. The summed E-state index contributed by atoms with van der Waals surface area (Å²) in [7, 11) is 0. The van der Waals surface area contributed by atoms with E-state index in [1.165, 1.54) is 18.5 Å². The molecule has 0 atom stereocenters. The summed E-state index contributed by atoms with van der Waals surface area (Å²) in [6.07, 6.45) is 3.00. The molecular formula is C16H9N3O4. The van der Waals surface area contributed by atoms with E-state index < -0.39 is 5.97 Å². The minimum Gasteiger partial charge on any atom is -0.478 e. The van der Waals surface area contributed by atoms with Crippen LogP contribution < -0.4 is 5.56 Å². The minimum atomic E-state index is -1.08. The summed E-state index contributed by atoms with van der Waals surface area (Å²) >= 11 is 0. The lowest BCUT2D eigenvalue weighted by molar-refractivity contribution is 0.0698. The van der Waals surface area contributed by atoms with Crippen molar-refractivity contribution in [2.75, 3.05) is 0 Å². The number of carboxylic acid groups (broad SMARTS) is 1. The molecule has 0 saturated heterocycles. The SMILES string of the molecule is O=C(O)c1cccc2cc(-c3nc4cnccc4c(=O)[nH]3)oc12. The van der Waals surface area contributed by atoms with Gasteiger partial charge in [-0.05, 0) is 18.2 Å². The maximum Gasteiger partial charge on any atom is 0.339 e. The zero-order valence-electron chi connectivity index (χ0n) is 11.6. The van der Waals surface area contributed by atoms with E-state index in [4.69, 9.17) is 4.42 Å². The molecule has 4 rings (SSSR count). The lowest BCUT2D eigenvalue weighted by atomic mass is 10.1. The number of rotatable bonds is 2. The van der Waals surface area contributed by atoms with E-state index >= 15 is 0 Å². The summed E-state index contributed by atoms with van der Waals surface area (Å²) in [6.45, 7) is 0. The van der Waals surface area contributed by atoms with Crippen molar-refractivity contribution >= 4 is 27.8 Å². The van der Waals surface area contributed by atoms with Gasteiger partial charge in [0.1, 0.15) is 11.1 Å². The number of carbonyl (C=O) groups is 1. The van der Waals surface area contributed by atoms with Gasteiger partial charge in [0.15, 0.2) is 11.6 Å². The van der Waals surface area contributed by atoms with E-state index in [0.29, 0.717) is 16.3 Å². The van der Waals surface area contributed by atoms with Crippen molar-refractivity contribution in [3.63, 3.8) is 0 Å². The first kappa shape index (κ1) is 13.2. The fourth-order valence-electron chi connectivity index (χ4n) is 2.46. The lowest BCUT2D eigenvalue weighted by Gasteiger charge is -1.99. The second-order valence-electron chi connectivity index (χ2n) is 4.95. The van der Waals surface area contributed by atoms with Crippen molar-refractivity contribution < 1.29 is 14.3 Å². The predicted octanol–water partition coefficient (Wildman–Crippen LogP) is 2.43. The Hall–Kier alpha value is -3.48. The number of benzene rings is 1. The third-order valence-corrected chi connectivity index (χ3v) is 3.52. The average molecular weight is 307 g/mol. The van der Waals surface area contributed by atoms with Crippen LogP contribution >= 0.6 is 0 Å². The molecule has 0 saturated carbocycles. The molecule has 0 amide bonds. The third kappa shape index (κ3) is 2.06. The number of H-pyrrole nitrogens is 1. The van der Waals surface area contributed by atoms with Gasteiger partial charge < -0.3 is 14.5 Å². The van der Waals surface area contributed by atoms with Crippen molar-refractivity contribution in [3.05, 3.63) is 58.6 Å². The Morgan fingerprint density at radius 1 is 1.26 bits per heavy atom. The number of nitrogens with zero attached hydrogens (tertiary/aromatic N) is 2. The van der Waals surface area contributed by atoms with E-state index in [9.17, 15) is 14.7 Å². The maximum absolute atomic E-state index is 12.1. The normalized spacial score (nSPS) is 11.1. The Labute approximate surface area is 128 Å². The van der Waals surface area contributed by atoms with E-state index in [-0.39, 0.29) is 28.3 Å². The van der Waals surface area contributed by atoms with Crippen LogP contribution in [0.4, 0.5) is 0 Å². The van der Waals surface area contributed by atoms with Crippen LogP contribution in [0.1, 0.15) is 10.4 Å². The molecule has 0 aliphatic rings. The number of pyridine rings is 1. The molecule has 0 aliphatic carbocycles. The van der Waals surface area contributed by atoms with E-state index in [1.54, 1.807) is 24.3 Å². The number of furan rings is 1. The van der Waals surface area contributed by atoms with Gasteiger partial charge in [0.25, 0.3) is 5.56 Å². The Morgan fingerprint density at radius 2 is 2.13 bits per heavy atom. The molecule has 3 heterocycles. The summed E-state index contributed by atoms with van der Waals surface area (Å²) in [5.41, 5.74) is 0.416. The van der Waals surface area contributed by atoms with Crippen molar-refractivity contribution in [2.24, 2.45) is 0 Å². The van der Waals surface area contributed by atoms with Crippen LogP contribution in [0.2, 0.25) is 0 Å². The number of aromatic nitrogens is 3. The molecule has 0 aliphatic heterocycles. The van der Waals surface area contributed by atoms with Crippen molar-refractivity contribution in [1.29, 1.82) is 0 Å². The lowest BCUT2D eigenvalue weighted by Crippen LogP contribution is -2.09. The monoisotopic (exact) mass is 307 g/mol. The van der Waals surface area contributed by atoms with Crippen molar-refractivity contribution in [1.82, 2.24) is 15.0 Å². The number of aromatic carboxylic acids is 1. The molecule has 0 spiro atoms. The second-order valence-corrected chi connectivity index (χ2v) is 4.95. The summed E-state index contributed by atoms with van der Waals surface area (Å²) in [4.78, 5) is 34.3. The number of para-hydroxylation sites is 1. The predicted molar refractivity (Wildman–Crippen MR) is 82.3 cm³/mol. The Balaban J connectivity index is 1.98. The summed E-state index contributed by atoms with van der Waals surface area (Å²) in [6, 6.07) is 8.04. The third-order valence-electron chi connectivity index (χ3n) is 3.52. The van der Waals surface area contributed by atoms with Crippen LogP contribution in [-0.4, -0.2) is 26.0 Å². The fourth-order valence-corrected chi connectivity index (χ4v) is 2.46. The number of hydrogen-bond donors (Lipinski definition) is 2. The van der Waals surface area contributed by atoms with E-state index in [2.05, 4.69) is 15.0 Å².